The zero-order valence-corrected chi connectivity index (χ0v) is 8.72. The van der Waals surface area contributed by atoms with Gasteiger partial charge < -0.3 is 0 Å². The van der Waals surface area contributed by atoms with E-state index in [9.17, 15) is 4.79 Å². The fourth-order valence-electron chi connectivity index (χ4n) is 0.715. The lowest BCUT2D eigenvalue weighted by atomic mass is 10.2. The molecule has 0 aromatic carbocycles. The van der Waals surface area contributed by atoms with Crippen molar-refractivity contribution < 1.29 is 4.79 Å². The quantitative estimate of drug-likeness (QED) is 0.578. The summed E-state index contributed by atoms with van der Waals surface area (Å²) in [7, 11) is 0. The lowest BCUT2D eigenvalue weighted by Gasteiger charge is -2.01. The summed E-state index contributed by atoms with van der Waals surface area (Å²) in [5.41, 5.74) is 1.04. The largest absolute Gasteiger partial charge is 0.282 e. The smallest absolute Gasteiger partial charge is 0.213 e. The van der Waals surface area contributed by atoms with Gasteiger partial charge in [0.25, 0.3) is 0 Å². The molecule has 0 saturated carbocycles. The van der Waals surface area contributed by atoms with Crippen molar-refractivity contribution >= 4 is 35.3 Å². The second kappa shape index (κ2) is 4.43. The lowest BCUT2D eigenvalue weighted by Crippen LogP contribution is -1.93. The molecular weight excluding hydrogens is 204 g/mol. The molecule has 68 valence electrons. The van der Waals surface area contributed by atoms with Gasteiger partial charge in [-0.25, -0.2) is 0 Å². The highest BCUT2D eigenvalue weighted by Gasteiger charge is 2.06. The Morgan fingerprint density at radius 1 is 1.38 bits per heavy atom. The van der Waals surface area contributed by atoms with Crippen LogP contribution in [0.25, 0.3) is 4.91 Å². The maximum atomic E-state index is 10.9. The summed E-state index contributed by atoms with van der Waals surface area (Å²) in [6.45, 7) is 1.65. The number of carbonyl (C=O) groups is 1. The number of hydrogen-bond donors (Lipinski definition) is 2. The minimum atomic E-state index is -0.310. The normalized spacial score (nSPS) is 12.2. The van der Waals surface area contributed by atoms with E-state index in [0.717, 1.165) is 0 Å². The molecule has 1 aromatic rings. The molecule has 13 heavy (non-hydrogen) atoms. The van der Waals surface area contributed by atoms with E-state index in [1.54, 1.807) is 25.5 Å². The zero-order valence-electron chi connectivity index (χ0n) is 6.93. The van der Waals surface area contributed by atoms with E-state index in [1.165, 1.54) is 0 Å². The van der Waals surface area contributed by atoms with Gasteiger partial charge in [-0.1, -0.05) is 0 Å². The predicted octanol–water partition coefficient (Wildman–Crippen LogP) is 1.59. The number of aromatic nitrogens is 2. The van der Waals surface area contributed by atoms with Crippen molar-refractivity contribution in [2.24, 2.45) is 0 Å². The van der Waals surface area contributed by atoms with Gasteiger partial charge in [-0.05, 0) is 6.92 Å². The van der Waals surface area contributed by atoms with E-state index in [-0.39, 0.29) is 5.12 Å². The Bertz CT molecular complexity index is 348. The Hall–Kier alpha value is -0.810. The lowest BCUT2D eigenvalue weighted by molar-refractivity contribution is -0.107. The summed E-state index contributed by atoms with van der Waals surface area (Å²) in [5, 5.41) is -0.310. The molecule has 0 aliphatic carbocycles. The van der Waals surface area contributed by atoms with Crippen LogP contribution in [0.1, 0.15) is 12.6 Å². The summed E-state index contributed by atoms with van der Waals surface area (Å²) in [5.74, 6) is 0. The molecule has 0 aliphatic rings. The Kier molecular flexibility index (Phi) is 3.50. The second-order valence-corrected chi connectivity index (χ2v) is 3.22. The third kappa shape index (κ3) is 2.57. The highest BCUT2D eigenvalue weighted by atomic mass is 32.1. The predicted molar refractivity (Wildman–Crippen MR) is 57.6 cm³/mol. The SMILES string of the molecule is C/C(C(=O)S)=C(/S)c1cnccn1. The van der Waals surface area contributed by atoms with Gasteiger partial charge in [0.05, 0.1) is 11.9 Å². The number of nitrogens with zero attached hydrogens (tertiary/aromatic N) is 2. The molecule has 5 heteroatoms. The summed E-state index contributed by atoms with van der Waals surface area (Å²) >= 11 is 7.85. The molecule has 0 amide bonds. The van der Waals surface area contributed by atoms with Gasteiger partial charge in [0.1, 0.15) is 0 Å². The monoisotopic (exact) mass is 212 g/mol. The topological polar surface area (TPSA) is 42.9 Å². The number of rotatable bonds is 2. The van der Waals surface area contributed by atoms with Crippen molar-refractivity contribution in [3.63, 3.8) is 0 Å². The van der Waals surface area contributed by atoms with Crippen molar-refractivity contribution in [1.29, 1.82) is 0 Å². The van der Waals surface area contributed by atoms with E-state index in [4.69, 9.17) is 0 Å². The summed E-state index contributed by atoms with van der Waals surface area (Å²) in [6, 6.07) is 0. The van der Waals surface area contributed by atoms with Gasteiger partial charge in [0.2, 0.25) is 5.12 Å². The first-order valence-corrected chi connectivity index (χ1v) is 4.42. The molecule has 0 spiro atoms. The van der Waals surface area contributed by atoms with Gasteiger partial charge in [-0.15, -0.1) is 25.3 Å². The summed E-state index contributed by atoms with van der Waals surface area (Å²) < 4.78 is 0. The van der Waals surface area contributed by atoms with Crippen LogP contribution < -0.4 is 0 Å². The molecular formula is C8H8N2OS2. The van der Waals surface area contributed by atoms with Crippen LogP contribution in [0.4, 0.5) is 0 Å². The first-order valence-electron chi connectivity index (χ1n) is 3.52. The van der Waals surface area contributed by atoms with Crippen LogP contribution in [0.3, 0.4) is 0 Å². The highest BCUT2D eigenvalue weighted by molar-refractivity contribution is 7.97. The van der Waals surface area contributed by atoms with Crippen molar-refractivity contribution in [2.45, 2.75) is 6.92 Å². The molecule has 0 N–H and O–H groups in total. The standard InChI is InChI=1S/C8H8N2OS2/c1-5(8(11)13)7(12)6-4-9-2-3-10-6/h2-4,12H,1H3,(H,11,13)/b7-5-. The fraction of sp³-hybridized carbons (Fsp3) is 0.125. The Balaban J connectivity index is 3.11. The second-order valence-electron chi connectivity index (χ2n) is 2.37. The maximum Gasteiger partial charge on any atom is 0.213 e. The molecule has 0 aliphatic heterocycles. The zero-order chi connectivity index (χ0) is 9.84. The first kappa shape index (κ1) is 10.3. The molecule has 0 fully saturated rings. The summed E-state index contributed by atoms with van der Waals surface area (Å²) in [6.07, 6.45) is 4.65. The fourth-order valence-corrected chi connectivity index (χ4v) is 1.13. The average Bonchev–Trinajstić information content (AvgIpc) is 2.17. The maximum absolute atomic E-state index is 10.9. The number of carbonyl (C=O) groups excluding carboxylic acids is 1. The molecule has 0 atom stereocenters. The van der Waals surface area contributed by atoms with E-state index < -0.39 is 0 Å². The molecule has 0 unspecified atom stereocenters. The van der Waals surface area contributed by atoms with Crippen LogP contribution in [0.15, 0.2) is 24.2 Å². The van der Waals surface area contributed by atoms with Crippen molar-refractivity contribution in [3.8, 4) is 0 Å². The van der Waals surface area contributed by atoms with Crippen molar-refractivity contribution in [1.82, 2.24) is 9.97 Å². The van der Waals surface area contributed by atoms with E-state index in [1.807, 2.05) is 0 Å². The molecule has 1 rings (SSSR count). The van der Waals surface area contributed by atoms with Crippen LogP contribution in [0.5, 0.6) is 0 Å². The van der Waals surface area contributed by atoms with Crippen molar-refractivity contribution in [3.05, 3.63) is 29.9 Å². The van der Waals surface area contributed by atoms with Crippen LogP contribution in [-0.2, 0) is 4.79 Å². The van der Waals surface area contributed by atoms with Gasteiger partial charge in [0, 0.05) is 22.9 Å². The Morgan fingerprint density at radius 2 is 2.08 bits per heavy atom. The third-order valence-corrected chi connectivity index (χ3v) is 2.38. The Labute approximate surface area is 87.1 Å². The van der Waals surface area contributed by atoms with Crippen LogP contribution in [0, 0.1) is 0 Å². The van der Waals surface area contributed by atoms with Crippen molar-refractivity contribution in [2.75, 3.05) is 0 Å². The highest BCUT2D eigenvalue weighted by Crippen LogP contribution is 2.20. The van der Waals surface area contributed by atoms with Crippen LogP contribution in [-0.4, -0.2) is 15.1 Å². The number of thiol groups is 2. The van der Waals surface area contributed by atoms with Crippen LogP contribution in [0.2, 0.25) is 0 Å². The Morgan fingerprint density at radius 3 is 2.54 bits per heavy atom. The molecule has 0 bridgehead atoms. The van der Waals surface area contributed by atoms with E-state index in [2.05, 4.69) is 35.2 Å². The van der Waals surface area contributed by atoms with E-state index >= 15 is 0 Å². The minimum Gasteiger partial charge on any atom is -0.282 e. The van der Waals surface area contributed by atoms with Gasteiger partial charge in [0.15, 0.2) is 0 Å². The molecule has 0 radical (unpaired) electrons. The summed E-state index contributed by atoms with van der Waals surface area (Å²) in [4.78, 5) is 19.2. The van der Waals surface area contributed by atoms with Gasteiger partial charge in [-0.2, -0.15) is 0 Å². The molecule has 1 heterocycles. The van der Waals surface area contributed by atoms with Gasteiger partial charge in [-0.3, -0.25) is 14.8 Å². The minimum absolute atomic E-state index is 0.310. The first-order chi connectivity index (χ1) is 6.13. The van der Waals surface area contributed by atoms with Gasteiger partial charge >= 0.3 is 0 Å². The average molecular weight is 212 g/mol. The molecule has 3 nitrogen and oxygen atoms in total. The molecule has 1 aromatic heterocycles. The van der Waals surface area contributed by atoms with Crippen LogP contribution >= 0.6 is 25.3 Å². The number of hydrogen-bond acceptors (Lipinski definition) is 4. The van der Waals surface area contributed by atoms with E-state index in [0.29, 0.717) is 16.2 Å². The molecule has 0 saturated heterocycles. The third-order valence-electron chi connectivity index (χ3n) is 1.48.